The molecule has 0 saturated heterocycles. The van der Waals surface area contributed by atoms with E-state index < -0.39 is 0 Å². The zero-order chi connectivity index (χ0) is 14.5. The summed E-state index contributed by atoms with van der Waals surface area (Å²) in [4.78, 5) is 13.6. The second-order valence-corrected chi connectivity index (χ2v) is 4.51. The molecule has 0 fully saturated rings. The number of nitrogens with zero attached hydrogens (tertiary/aromatic N) is 2. The minimum Gasteiger partial charge on any atom is -0.306 e. The van der Waals surface area contributed by atoms with Crippen molar-refractivity contribution in [3.8, 4) is 6.07 Å². The van der Waals surface area contributed by atoms with E-state index >= 15 is 0 Å². The molecule has 100 valence electrons. The number of urea groups is 1. The Bertz CT molecular complexity index is 679. The number of hydrogen-bond acceptors (Lipinski definition) is 2. The fourth-order valence-corrected chi connectivity index (χ4v) is 1.91. The maximum atomic E-state index is 12.2. The number of nitrogens with one attached hydrogen (secondary N) is 1. The van der Waals surface area contributed by atoms with Crippen molar-refractivity contribution in [1.29, 1.82) is 5.26 Å². The van der Waals surface area contributed by atoms with Crippen LogP contribution in [0.3, 0.4) is 0 Å². The van der Waals surface area contributed by atoms with E-state index in [1.54, 1.807) is 55.6 Å². The molecule has 0 saturated carbocycles. The van der Waals surface area contributed by atoms with E-state index in [0.717, 1.165) is 0 Å². The molecule has 0 aliphatic rings. The van der Waals surface area contributed by atoms with E-state index in [4.69, 9.17) is 16.9 Å². The van der Waals surface area contributed by atoms with Crippen LogP contribution in [0.15, 0.2) is 48.5 Å². The number of rotatable bonds is 2. The average molecular weight is 286 g/mol. The van der Waals surface area contributed by atoms with E-state index in [2.05, 4.69) is 11.4 Å². The van der Waals surface area contributed by atoms with Crippen molar-refractivity contribution in [2.75, 3.05) is 17.3 Å². The molecule has 0 atom stereocenters. The van der Waals surface area contributed by atoms with Crippen LogP contribution < -0.4 is 10.2 Å². The number of carbonyl (C=O) groups is 1. The van der Waals surface area contributed by atoms with Crippen molar-refractivity contribution >= 4 is 29.0 Å². The molecule has 5 heteroatoms. The van der Waals surface area contributed by atoms with Gasteiger partial charge in [-0.15, -0.1) is 0 Å². The Balaban J connectivity index is 2.22. The molecular weight excluding hydrogens is 274 g/mol. The van der Waals surface area contributed by atoms with Gasteiger partial charge in [-0.25, -0.2) is 4.79 Å². The lowest BCUT2D eigenvalue weighted by Gasteiger charge is -2.19. The molecule has 1 N–H and O–H groups in total. The van der Waals surface area contributed by atoms with Crippen molar-refractivity contribution in [3.63, 3.8) is 0 Å². The van der Waals surface area contributed by atoms with Gasteiger partial charge in [0, 0.05) is 7.05 Å². The molecule has 0 spiro atoms. The maximum absolute atomic E-state index is 12.2. The number of para-hydroxylation sites is 2. The summed E-state index contributed by atoms with van der Waals surface area (Å²) in [5, 5.41) is 12.2. The number of anilines is 2. The van der Waals surface area contributed by atoms with Gasteiger partial charge in [-0.2, -0.15) is 5.26 Å². The quantitative estimate of drug-likeness (QED) is 0.910. The Labute approximate surface area is 122 Å². The van der Waals surface area contributed by atoms with Crippen LogP contribution in [0.25, 0.3) is 0 Å². The third kappa shape index (κ3) is 2.90. The highest BCUT2D eigenvalue weighted by molar-refractivity contribution is 6.33. The smallest absolute Gasteiger partial charge is 0.306 e. The predicted octanol–water partition coefficient (Wildman–Crippen LogP) is 3.88. The minimum absolute atomic E-state index is 0.360. The highest BCUT2D eigenvalue weighted by atomic mass is 35.5. The lowest BCUT2D eigenvalue weighted by molar-refractivity contribution is 0.258. The molecule has 4 nitrogen and oxygen atoms in total. The van der Waals surface area contributed by atoms with Crippen molar-refractivity contribution in [1.82, 2.24) is 0 Å². The van der Waals surface area contributed by atoms with Crippen molar-refractivity contribution in [2.24, 2.45) is 0 Å². The van der Waals surface area contributed by atoms with E-state index in [1.165, 1.54) is 4.90 Å². The van der Waals surface area contributed by atoms with Crippen LogP contribution in [-0.2, 0) is 0 Å². The van der Waals surface area contributed by atoms with Gasteiger partial charge in [0.15, 0.2) is 0 Å². The number of nitriles is 1. The molecular formula is C15H12ClN3O. The Hall–Kier alpha value is -2.51. The first-order valence-corrected chi connectivity index (χ1v) is 6.29. The molecule has 0 heterocycles. The topological polar surface area (TPSA) is 56.1 Å². The summed E-state index contributed by atoms with van der Waals surface area (Å²) in [7, 11) is 1.60. The van der Waals surface area contributed by atoms with Crippen LogP contribution in [-0.4, -0.2) is 13.1 Å². The van der Waals surface area contributed by atoms with Gasteiger partial charge in [-0.05, 0) is 24.3 Å². The largest absolute Gasteiger partial charge is 0.326 e. The van der Waals surface area contributed by atoms with Crippen molar-refractivity contribution in [3.05, 3.63) is 59.1 Å². The zero-order valence-corrected chi connectivity index (χ0v) is 11.6. The molecule has 0 aromatic heterocycles. The highest BCUT2D eigenvalue weighted by Gasteiger charge is 2.15. The van der Waals surface area contributed by atoms with E-state index in [1.807, 2.05) is 0 Å². The number of carbonyl (C=O) groups excluding carboxylic acids is 1. The second-order valence-electron chi connectivity index (χ2n) is 4.10. The predicted molar refractivity (Wildman–Crippen MR) is 80.0 cm³/mol. The van der Waals surface area contributed by atoms with E-state index in [-0.39, 0.29) is 6.03 Å². The summed E-state index contributed by atoms with van der Waals surface area (Å²) in [6.07, 6.45) is 0. The number of halogens is 1. The van der Waals surface area contributed by atoms with Gasteiger partial charge in [0.25, 0.3) is 0 Å². The Morgan fingerprint density at radius 1 is 1.20 bits per heavy atom. The minimum atomic E-state index is -0.360. The monoisotopic (exact) mass is 285 g/mol. The number of benzene rings is 2. The highest BCUT2D eigenvalue weighted by Crippen LogP contribution is 2.23. The van der Waals surface area contributed by atoms with Crippen molar-refractivity contribution < 1.29 is 4.79 Å². The summed E-state index contributed by atoms with van der Waals surface area (Å²) >= 11 is 5.99. The fraction of sp³-hybridized carbons (Fsp3) is 0.0667. The van der Waals surface area contributed by atoms with Crippen LogP contribution in [0, 0.1) is 11.3 Å². The molecule has 20 heavy (non-hydrogen) atoms. The number of amides is 2. The van der Waals surface area contributed by atoms with Crippen molar-refractivity contribution in [2.45, 2.75) is 0 Å². The van der Waals surface area contributed by atoms with Crippen LogP contribution in [0.2, 0.25) is 5.02 Å². The van der Waals surface area contributed by atoms with Gasteiger partial charge < -0.3 is 5.32 Å². The lowest BCUT2D eigenvalue weighted by Crippen LogP contribution is -2.31. The molecule has 0 aliphatic carbocycles. The van der Waals surface area contributed by atoms with E-state index in [0.29, 0.717) is 22.0 Å². The van der Waals surface area contributed by atoms with Gasteiger partial charge >= 0.3 is 6.03 Å². The summed E-state index contributed by atoms with van der Waals surface area (Å²) in [6, 6.07) is 15.6. The Morgan fingerprint density at radius 2 is 1.85 bits per heavy atom. The van der Waals surface area contributed by atoms with E-state index in [9.17, 15) is 4.79 Å². The lowest BCUT2D eigenvalue weighted by atomic mass is 10.2. The Morgan fingerprint density at radius 3 is 2.55 bits per heavy atom. The summed E-state index contributed by atoms with van der Waals surface area (Å²) < 4.78 is 0. The molecule has 2 aromatic rings. The third-order valence-corrected chi connectivity index (χ3v) is 3.14. The summed E-state index contributed by atoms with van der Waals surface area (Å²) in [5.74, 6) is 0. The Kier molecular flexibility index (Phi) is 4.24. The first-order valence-electron chi connectivity index (χ1n) is 5.92. The average Bonchev–Trinajstić information content (AvgIpc) is 2.48. The van der Waals surface area contributed by atoms with Crippen LogP contribution in [0.1, 0.15) is 5.56 Å². The number of hydrogen-bond donors (Lipinski definition) is 1. The van der Waals surface area contributed by atoms with Crippen LogP contribution in [0.5, 0.6) is 0 Å². The van der Waals surface area contributed by atoms with Gasteiger partial charge in [0.1, 0.15) is 6.07 Å². The molecule has 2 amide bonds. The van der Waals surface area contributed by atoms with Crippen LogP contribution >= 0.6 is 11.6 Å². The molecule has 0 bridgehead atoms. The maximum Gasteiger partial charge on any atom is 0.326 e. The molecule has 2 aromatic carbocycles. The molecule has 2 rings (SSSR count). The molecule has 0 aliphatic heterocycles. The molecule has 0 radical (unpaired) electrons. The summed E-state index contributed by atoms with van der Waals surface area (Å²) in [5.41, 5.74) is 1.50. The molecule has 0 unspecified atom stereocenters. The summed E-state index contributed by atoms with van der Waals surface area (Å²) in [6.45, 7) is 0. The first-order chi connectivity index (χ1) is 9.63. The second kappa shape index (κ2) is 6.09. The standard InChI is InChI=1S/C15H12ClN3O/c1-19(14-9-5-2-6-11(14)10-17)15(20)18-13-8-4-3-7-12(13)16/h2-9H,1H3,(H,18,20). The van der Waals surface area contributed by atoms with Gasteiger partial charge in [0.05, 0.1) is 22.0 Å². The fourth-order valence-electron chi connectivity index (χ4n) is 1.73. The van der Waals surface area contributed by atoms with Gasteiger partial charge in [-0.3, -0.25) is 4.90 Å². The van der Waals surface area contributed by atoms with Gasteiger partial charge in [0.2, 0.25) is 0 Å². The SMILES string of the molecule is CN(C(=O)Nc1ccccc1Cl)c1ccccc1C#N. The van der Waals surface area contributed by atoms with Crippen LogP contribution in [0.4, 0.5) is 16.2 Å². The third-order valence-electron chi connectivity index (χ3n) is 2.81. The zero-order valence-electron chi connectivity index (χ0n) is 10.8. The van der Waals surface area contributed by atoms with Gasteiger partial charge in [-0.1, -0.05) is 35.9 Å². The first kappa shape index (κ1) is 13.9. The normalized spacial score (nSPS) is 9.65.